The molecule has 4 atom stereocenters. The fourth-order valence-corrected chi connectivity index (χ4v) is 6.08. The average Bonchev–Trinajstić information content (AvgIpc) is 3.01. The van der Waals surface area contributed by atoms with Crippen LogP contribution >= 0.6 is 11.8 Å². The molecule has 3 aromatic carbocycles. The van der Waals surface area contributed by atoms with E-state index in [9.17, 15) is 19.5 Å². The fraction of sp³-hybridized carbons (Fsp3) is 0.258. The first-order valence-electron chi connectivity index (χ1n) is 13.1. The molecule has 5 rings (SSSR count). The van der Waals surface area contributed by atoms with E-state index < -0.39 is 47.4 Å². The summed E-state index contributed by atoms with van der Waals surface area (Å²) >= 11 is 1.29. The van der Waals surface area contributed by atoms with Crippen LogP contribution in [0.4, 0.5) is 0 Å². The Morgan fingerprint density at radius 2 is 1.52 bits per heavy atom. The molecule has 2 N–H and O–H groups in total. The van der Waals surface area contributed by atoms with E-state index in [0.717, 1.165) is 11.1 Å². The van der Waals surface area contributed by atoms with Crippen LogP contribution in [0.3, 0.4) is 0 Å². The maximum Gasteiger partial charge on any atom is 0.334 e. The number of ether oxygens (including phenoxy) is 2. The van der Waals surface area contributed by atoms with Crippen molar-refractivity contribution in [2.45, 2.75) is 43.0 Å². The summed E-state index contributed by atoms with van der Waals surface area (Å²) < 4.78 is 11.6. The number of carbonyl (C=O) groups is 3. The number of fused-ring (bicyclic) bond motifs is 1. The number of thioether (sulfide) groups is 1. The highest BCUT2D eigenvalue weighted by molar-refractivity contribution is 8.03. The molecule has 0 radical (unpaired) electrons. The summed E-state index contributed by atoms with van der Waals surface area (Å²) in [4.78, 5) is 41.1. The molecule has 1 saturated heterocycles. The van der Waals surface area contributed by atoms with Crippen molar-refractivity contribution >= 4 is 29.5 Å². The quantitative estimate of drug-likeness (QED) is 0.288. The minimum absolute atomic E-state index is 0.248. The lowest BCUT2D eigenvalue weighted by Gasteiger charge is -2.52. The number of nitrogens with zero attached hydrogens (tertiary/aromatic N) is 1. The number of β-lactam (4-membered cyclic amide) rings is 1. The summed E-state index contributed by atoms with van der Waals surface area (Å²) in [5, 5.41) is 14.7. The van der Waals surface area contributed by atoms with Gasteiger partial charge in [-0.3, -0.25) is 9.59 Å². The molecule has 2 aliphatic rings. The van der Waals surface area contributed by atoms with E-state index in [1.807, 2.05) is 66.7 Å². The molecule has 1 fully saturated rings. The standard InChI is InChI=1S/C31H30N2O6S/c1-2-24(34)23-19-40-30-26(32-25(35)18-38-22-16-10-5-11-17-22)29(36)33(30)27(23)31(37)39-28(20-12-6-3-7-13-20)21-14-8-4-9-15-21/h3-17,19,24,26-28,30,34H,2,18H2,1H3,(H,32,35)/t24?,26?,27?,30-/m1/s1. The van der Waals surface area contributed by atoms with Gasteiger partial charge in [-0.15, -0.1) is 11.8 Å². The van der Waals surface area contributed by atoms with E-state index in [1.54, 1.807) is 36.6 Å². The number of amides is 2. The first-order valence-corrected chi connectivity index (χ1v) is 14.1. The normalized spacial score (nSPS) is 20.6. The minimum Gasteiger partial charge on any atom is -0.484 e. The lowest BCUT2D eigenvalue weighted by Crippen LogP contribution is -2.74. The summed E-state index contributed by atoms with van der Waals surface area (Å²) in [5.74, 6) is -0.968. The van der Waals surface area contributed by atoms with Crippen LogP contribution in [-0.4, -0.2) is 58.0 Å². The molecule has 3 aromatic rings. The van der Waals surface area contributed by atoms with E-state index in [1.165, 1.54) is 16.7 Å². The lowest BCUT2D eigenvalue weighted by atomic mass is 9.93. The van der Waals surface area contributed by atoms with E-state index >= 15 is 0 Å². The van der Waals surface area contributed by atoms with Gasteiger partial charge in [-0.05, 0) is 40.7 Å². The third-order valence-corrected chi connectivity index (χ3v) is 8.07. The second kappa shape index (κ2) is 12.4. The Bertz CT molecular complexity index is 1330. The number of hydrogen-bond donors (Lipinski definition) is 2. The maximum absolute atomic E-state index is 13.8. The van der Waals surface area contributed by atoms with Crippen molar-refractivity contribution in [3.05, 3.63) is 113 Å². The summed E-state index contributed by atoms with van der Waals surface area (Å²) in [6, 6.07) is 25.7. The average molecular weight is 559 g/mol. The van der Waals surface area contributed by atoms with Crippen LogP contribution in [0.2, 0.25) is 0 Å². The molecule has 2 heterocycles. The molecule has 3 unspecified atom stereocenters. The highest BCUT2D eigenvalue weighted by atomic mass is 32.2. The van der Waals surface area contributed by atoms with Crippen LogP contribution in [0, 0.1) is 0 Å². The van der Waals surface area contributed by atoms with Crippen LogP contribution < -0.4 is 10.1 Å². The van der Waals surface area contributed by atoms with Gasteiger partial charge < -0.3 is 24.8 Å². The summed E-state index contributed by atoms with van der Waals surface area (Å²) in [6.07, 6.45) is -1.27. The minimum atomic E-state index is -1.11. The number of benzene rings is 3. The maximum atomic E-state index is 13.8. The van der Waals surface area contributed by atoms with Crippen molar-refractivity contribution in [3.63, 3.8) is 0 Å². The summed E-state index contributed by atoms with van der Waals surface area (Å²) in [6.45, 7) is 1.55. The van der Waals surface area contributed by atoms with Gasteiger partial charge in [0.05, 0.1) is 6.10 Å². The molecule has 206 valence electrons. The number of aliphatic hydroxyl groups excluding tert-OH is 1. The molecule has 2 aliphatic heterocycles. The highest BCUT2D eigenvalue weighted by Crippen LogP contribution is 2.42. The zero-order valence-corrected chi connectivity index (χ0v) is 22.7. The molecule has 0 spiro atoms. The van der Waals surface area contributed by atoms with Crippen LogP contribution in [0.15, 0.2) is 102 Å². The first kappa shape index (κ1) is 27.5. The van der Waals surface area contributed by atoms with Gasteiger partial charge in [0.2, 0.25) is 5.91 Å². The summed E-state index contributed by atoms with van der Waals surface area (Å²) in [5.41, 5.74) is 1.96. The van der Waals surface area contributed by atoms with Crippen molar-refractivity contribution < 1.29 is 29.0 Å². The molecule has 0 saturated carbocycles. The molecular formula is C31H30N2O6S. The molecule has 9 heteroatoms. The second-order valence-electron chi connectivity index (χ2n) is 9.50. The van der Waals surface area contributed by atoms with E-state index in [-0.39, 0.29) is 6.61 Å². The number of nitrogens with one attached hydrogen (secondary N) is 1. The highest BCUT2D eigenvalue weighted by Gasteiger charge is 2.57. The Morgan fingerprint density at radius 3 is 2.10 bits per heavy atom. The van der Waals surface area contributed by atoms with Crippen molar-refractivity contribution in [3.8, 4) is 5.75 Å². The number of rotatable bonds is 10. The molecule has 8 nitrogen and oxygen atoms in total. The Labute approximate surface area is 237 Å². The Kier molecular flexibility index (Phi) is 8.52. The topological polar surface area (TPSA) is 105 Å². The SMILES string of the molecule is CCC(O)C1=CS[C@@H]2C(NC(=O)COc3ccccc3)C(=O)N2C1C(=O)OC(c1ccccc1)c1ccccc1. The molecule has 0 bridgehead atoms. The van der Waals surface area contributed by atoms with Gasteiger partial charge in [0.25, 0.3) is 5.91 Å². The van der Waals surface area contributed by atoms with Gasteiger partial charge in [0.1, 0.15) is 17.2 Å². The monoisotopic (exact) mass is 558 g/mol. The van der Waals surface area contributed by atoms with Gasteiger partial charge in [-0.25, -0.2) is 4.79 Å². The van der Waals surface area contributed by atoms with Crippen molar-refractivity contribution in [2.75, 3.05) is 6.61 Å². The van der Waals surface area contributed by atoms with Gasteiger partial charge in [-0.1, -0.05) is 85.8 Å². The van der Waals surface area contributed by atoms with Crippen molar-refractivity contribution in [1.29, 1.82) is 0 Å². The third-order valence-electron chi connectivity index (χ3n) is 6.88. The number of esters is 1. The number of carbonyl (C=O) groups excluding carboxylic acids is 3. The van der Waals surface area contributed by atoms with Gasteiger partial charge in [0.15, 0.2) is 18.8 Å². The number of aliphatic hydroxyl groups is 1. The predicted octanol–water partition coefficient (Wildman–Crippen LogP) is 3.82. The van der Waals surface area contributed by atoms with Crippen LogP contribution in [-0.2, 0) is 19.1 Å². The van der Waals surface area contributed by atoms with E-state index in [0.29, 0.717) is 17.7 Å². The zero-order chi connectivity index (χ0) is 28.1. The van der Waals surface area contributed by atoms with Crippen LogP contribution in [0.1, 0.15) is 30.6 Å². The fourth-order valence-electron chi connectivity index (χ4n) is 4.80. The smallest absolute Gasteiger partial charge is 0.334 e. The van der Waals surface area contributed by atoms with Gasteiger partial charge >= 0.3 is 5.97 Å². The van der Waals surface area contributed by atoms with Crippen molar-refractivity contribution in [2.24, 2.45) is 0 Å². The Hall–Kier alpha value is -4.08. The number of hydrogen-bond acceptors (Lipinski definition) is 7. The van der Waals surface area contributed by atoms with Gasteiger partial charge in [-0.2, -0.15) is 0 Å². The molecular weight excluding hydrogens is 528 g/mol. The van der Waals surface area contributed by atoms with E-state index in [2.05, 4.69) is 5.32 Å². The first-order chi connectivity index (χ1) is 19.5. The molecule has 0 aromatic heterocycles. The van der Waals surface area contributed by atoms with Gasteiger partial charge in [0, 0.05) is 0 Å². The van der Waals surface area contributed by atoms with Crippen molar-refractivity contribution in [1.82, 2.24) is 10.2 Å². The van der Waals surface area contributed by atoms with Crippen LogP contribution in [0.5, 0.6) is 5.75 Å². The molecule has 40 heavy (non-hydrogen) atoms. The lowest BCUT2D eigenvalue weighted by molar-refractivity contribution is -0.166. The Balaban J connectivity index is 1.34. The molecule has 2 amide bonds. The molecule has 0 aliphatic carbocycles. The predicted molar refractivity (Wildman–Crippen MR) is 151 cm³/mol. The zero-order valence-electron chi connectivity index (χ0n) is 21.9. The largest absolute Gasteiger partial charge is 0.484 e. The Morgan fingerprint density at radius 1 is 0.950 bits per heavy atom. The van der Waals surface area contributed by atoms with Crippen LogP contribution in [0.25, 0.3) is 0 Å². The second-order valence-corrected chi connectivity index (χ2v) is 10.5. The third kappa shape index (κ3) is 5.76. The van der Waals surface area contributed by atoms with E-state index in [4.69, 9.17) is 9.47 Å². The number of para-hydroxylation sites is 1. The summed E-state index contributed by atoms with van der Waals surface area (Å²) in [7, 11) is 0.